The van der Waals surface area contributed by atoms with E-state index in [0.29, 0.717) is 18.7 Å². The van der Waals surface area contributed by atoms with Crippen molar-refractivity contribution in [2.24, 2.45) is 0 Å². The van der Waals surface area contributed by atoms with Gasteiger partial charge in [0.15, 0.2) is 0 Å². The number of piperazine rings is 1. The van der Waals surface area contributed by atoms with E-state index in [0.717, 1.165) is 78.5 Å². The first kappa shape index (κ1) is 29.7. The Labute approximate surface area is 253 Å². The van der Waals surface area contributed by atoms with Crippen molar-refractivity contribution in [2.75, 3.05) is 46.9 Å². The number of methoxy groups -OCH3 is 1. The van der Waals surface area contributed by atoms with Crippen LogP contribution in [-0.4, -0.2) is 72.4 Å². The van der Waals surface area contributed by atoms with Gasteiger partial charge >= 0.3 is 0 Å². The van der Waals surface area contributed by atoms with Crippen molar-refractivity contribution in [2.45, 2.75) is 43.6 Å². The molecule has 1 fully saturated rings. The predicted octanol–water partition coefficient (Wildman–Crippen LogP) is 6.92. The number of aryl methyl sites for hydroxylation is 1. The first-order valence-corrected chi connectivity index (χ1v) is 15.6. The normalized spacial score (nSPS) is 16.9. The van der Waals surface area contributed by atoms with Crippen LogP contribution in [0.1, 0.15) is 48.3 Å². The van der Waals surface area contributed by atoms with Crippen LogP contribution in [0.15, 0.2) is 89.4 Å². The van der Waals surface area contributed by atoms with E-state index in [2.05, 4.69) is 93.4 Å². The summed E-state index contributed by atoms with van der Waals surface area (Å²) in [6, 6.07) is 29.2. The lowest BCUT2D eigenvalue weighted by Crippen LogP contribution is -2.44. The molecule has 0 radical (unpaired) electrons. The molecule has 2 heterocycles. The molecule has 5 rings (SSSR count). The first-order chi connectivity index (χ1) is 19.9. The fourth-order valence-corrected chi connectivity index (χ4v) is 6.58. The second kappa shape index (κ2) is 13.9. The Morgan fingerprint density at radius 1 is 0.902 bits per heavy atom. The van der Waals surface area contributed by atoms with Gasteiger partial charge in [-0.05, 0) is 81.1 Å². The van der Waals surface area contributed by atoms with Crippen molar-refractivity contribution >= 4 is 26.8 Å². The number of rotatable bonds is 12. The maximum absolute atomic E-state index is 12.8. The Bertz CT molecular complexity index is 1390. The number of ether oxygens (including phenoxy) is 1. The molecule has 1 N–H and O–H groups in total. The van der Waals surface area contributed by atoms with Gasteiger partial charge in [0, 0.05) is 47.5 Å². The van der Waals surface area contributed by atoms with Crippen molar-refractivity contribution in [1.29, 1.82) is 0 Å². The Balaban J connectivity index is 1.50. The third-order valence-corrected chi connectivity index (χ3v) is 9.06. The lowest BCUT2D eigenvalue weighted by Gasteiger charge is -2.38. The van der Waals surface area contributed by atoms with Crippen molar-refractivity contribution in [1.82, 2.24) is 14.8 Å². The van der Waals surface area contributed by atoms with Crippen LogP contribution in [0.25, 0.3) is 10.9 Å². The zero-order valence-corrected chi connectivity index (χ0v) is 25.9. The van der Waals surface area contributed by atoms with E-state index in [1.807, 2.05) is 24.3 Å². The highest BCUT2D eigenvalue weighted by Crippen LogP contribution is 2.45. The highest BCUT2D eigenvalue weighted by Gasteiger charge is 2.40. The quantitative estimate of drug-likeness (QED) is 0.175. The summed E-state index contributed by atoms with van der Waals surface area (Å²) in [5, 5.41) is 13.9. The predicted molar refractivity (Wildman–Crippen MR) is 172 cm³/mol. The van der Waals surface area contributed by atoms with E-state index < -0.39 is 5.60 Å². The Morgan fingerprint density at radius 3 is 2.32 bits per heavy atom. The van der Waals surface area contributed by atoms with E-state index in [-0.39, 0.29) is 5.92 Å². The highest BCUT2D eigenvalue weighted by molar-refractivity contribution is 9.10. The van der Waals surface area contributed by atoms with Gasteiger partial charge < -0.3 is 19.6 Å². The molecule has 216 valence electrons. The van der Waals surface area contributed by atoms with Crippen LogP contribution in [0.4, 0.5) is 0 Å². The summed E-state index contributed by atoms with van der Waals surface area (Å²) in [6.07, 6.45) is 4.17. The molecule has 0 amide bonds. The fourth-order valence-electron chi connectivity index (χ4n) is 6.20. The number of aromatic nitrogens is 1. The van der Waals surface area contributed by atoms with E-state index >= 15 is 0 Å². The van der Waals surface area contributed by atoms with Crippen LogP contribution in [0.3, 0.4) is 0 Å². The summed E-state index contributed by atoms with van der Waals surface area (Å²) >= 11 is 3.63. The maximum atomic E-state index is 12.8. The molecule has 5 nitrogen and oxygen atoms in total. The highest BCUT2D eigenvalue weighted by atomic mass is 79.9. The Hall–Kier alpha value is -2.77. The average molecular weight is 617 g/mol. The molecule has 1 aliphatic rings. The van der Waals surface area contributed by atoms with E-state index in [9.17, 15) is 5.11 Å². The zero-order valence-electron chi connectivity index (χ0n) is 24.3. The molecule has 2 atom stereocenters. The molecule has 1 saturated heterocycles. The monoisotopic (exact) mass is 615 g/mol. The lowest BCUT2D eigenvalue weighted by atomic mass is 9.72. The Morgan fingerprint density at radius 2 is 1.61 bits per heavy atom. The molecule has 41 heavy (non-hydrogen) atoms. The number of fused-ring (bicyclic) bond motifs is 1. The van der Waals surface area contributed by atoms with Crippen LogP contribution >= 0.6 is 15.9 Å². The minimum atomic E-state index is -0.992. The minimum Gasteiger partial charge on any atom is -0.481 e. The number of halogens is 1. The SMILES string of the molecule is COc1nc2ccc(Br)cc2cc1C(c1ccccc1)[C@@](O)(CCCCN1CCN(C)CC1)CCc1ccccc1. The summed E-state index contributed by atoms with van der Waals surface area (Å²) in [7, 11) is 3.88. The molecule has 1 aromatic heterocycles. The van der Waals surface area contributed by atoms with Gasteiger partial charge in [0.1, 0.15) is 0 Å². The van der Waals surface area contributed by atoms with Gasteiger partial charge in [-0.15, -0.1) is 0 Å². The Kier molecular flexibility index (Phi) is 10.1. The largest absolute Gasteiger partial charge is 0.481 e. The second-order valence-corrected chi connectivity index (χ2v) is 12.4. The van der Waals surface area contributed by atoms with Crippen LogP contribution < -0.4 is 4.74 Å². The van der Waals surface area contributed by atoms with Crippen molar-refractivity contribution < 1.29 is 9.84 Å². The van der Waals surface area contributed by atoms with Crippen molar-refractivity contribution in [3.8, 4) is 5.88 Å². The maximum Gasteiger partial charge on any atom is 0.217 e. The summed E-state index contributed by atoms with van der Waals surface area (Å²) in [4.78, 5) is 9.87. The molecule has 0 bridgehead atoms. The summed E-state index contributed by atoms with van der Waals surface area (Å²) in [5.41, 5.74) is 3.13. The summed E-state index contributed by atoms with van der Waals surface area (Å²) in [5.74, 6) is 0.283. The zero-order chi connectivity index (χ0) is 28.7. The van der Waals surface area contributed by atoms with Crippen molar-refractivity contribution in [3.05, 3.63) is 106 Å². The number of likely N-dealkylation sites (N-methyl/N-ethyl adjacent to an activating group) is 1. The minimum absolute atomic E-state index is 0.290. The third kappa shape index (κ3) is 7.55. The summed E-state index contributed by atoms with van der Waals surface area (Å²) in [6.45, 7) is 5.57. The molecule has 0 spiro atoms. The first-order valence-electron chi connectivity index (χ1n) is 14.8. The lowest BCUT2D eigenvalue weighted by molar-refractivity contribution is 0.00310. The molecule has 3 aromatic carbocycles. The van der Waals surface area contributed by atoms with Gasteiger partial charge in [0.25, 0.3) is 0 Å². The number of aliphatic hydroxyl groups is 1. The number of benzene rings is 3. The molecule has 0 saturated carbocycles. The van der Waals surface area contributed by atoms with E-state index in [1.165, 1.54) is 5.56 Å². The van der Waals surface area contributed by atoms with Gasteiger partial charge in [0.2, 0.25) is 5.88 Å². The molecule has 6 heteroatoms. The molecular weight excluding hydrogens is 574 g/mol. The molecule has 1 unspecified atom stereocenters. The van der Waals surface area contributed by atoms with Gasteiger partial charge in [-0.2, -0.15) is 0 Å². The molecule has 1 aliphatic heterocycles. The summed E-state index contributed by atoms with van der Waals surface area (Å²) < 4.78 is 6.92. The molecule has 0 aliphatic carbocycles. The van der Waals surface area contributed by atoms with Crippen molar-refractivity contribution in [3.63, 3.8) is 0 Å². The number of hydrogen-bond acceptors (Lipinski definition) is 5. The van der Waals surface area contributed by atoms with Gasteiger partial charge in [-0.25, -0.2) is 4.98 Å². The number of unbranched alkanes of at least 4 members (excludes halogenated alkanes) is 1. The standard InChI is InChI=1S/C35H42BrN3O2/c1-38-21-23-39(24-22-38)20-10-9-18-35(40,19-17-27-11-5-3-6-12-27)33(28-13-7-4-8-14-28)31-26-29-25-30(36)15-16-32(29)37-34(31)41-2/h3-8,11-16,25-26,33,40H,9-10,17-24H2,1-2H3/t33?,35-/m1/s1. The third-order valence-electron chi connectivity index (χ3n) is 8.56. The number of nitrogens with zero attached hydrogens (tertiary/aromatic N) is 3. The topological polar surface area (TPSA) is 48.8 Å². The van der Waals surface area contributed by atoms with Crippen LogP contribution in [0, 0.1) is 0 Å². The van der Waals surface area contributed by atoms with Crippen LogP contribution in [0.5, 0.6) is 5.88 Å². The number of hydrogen-bond donors (Lipinski definition) is 1. The second-order valence-electron chi connectivity index (χ2n) is 11.5. The van der Waals surface area contributed by atoms with E-state index in [1.54, 1.807) is 7.11 Å². The van der Waals surface area contributed by atoms with Crippen LogP contribution in [-0.2, 0) is 6.42 Å². The van der Waals surface area contributed by atoms with Crippen LogP contribution in [0.2, 0.25) is 0 Å². The molecular formula is C35H42BrN3O2. The average Bonchev–Trinajstić information content (AvgIpc) is 3.00. The van der Waals surface area contributed by atoms with Gasteiger partial charge in [-0.1, -0.05) is 76.6 Å². The van der Waals surface area contributed by atoms with Gasteiger partial charge in [0.05, 0.1) is 18.2 Å². The number of pyridine rings is 1. The molecule has 4 aromatic rings. The van der Waals surface area contributed by atoms with E-state index in [4.69, 9.17) is 9.72 Å². The van der Waals surface area contributed by atoms with Gasteiger partial charge in [-0.3, -0.25) is 0 Å². The smallest absolute Gasteiger partial charge is 0.217 e. The fraction of sp³-hybridized carbons (Fsp3) is 0.400.